The first-order chi connectivity index (χ1) is 20.2. The lowest BCUT2D eigenvalue weighted by Crippen LogP contribution is -2.61. The highest BCUT2D eigenvalue weighted by molar-refractivity contribution is 6.27. The van der Waals surface area contributed by atoms with E-state index in [1.165, 1.54) is 18.0 Å². The largest absolute Gasteiger partial charge is 0.507 e. The van der Waals surface area contributed by atoms with Crippen LogP contribution in [0.5, 0.6) is 0 Å². The quantitative estimate of drug-likeness (QED) is 0.100. The van der Waals surface area contributed by atoms with Gasteiger partial charge in [0.2, 0.25) is 11.7 Å². The van der Waals surface area contributed by atoms with Crippen LogP contribution >= 0.6 is 0 Å². The molecule has 11 heteroatoms. The van der Waals surface area contributed by atoms with E-state index in [0.29, 0.717) is 19.4 Å². The van der Waals surface area contributed by atoms with Crippen LogP contribution in [0, 0.1) is 17.8 Å². The Hall–Kier alpha value is -2.83. The number of ketones is 1. The summed E-state index contributed by atoms with van der Waals surface area (Å²) in [5.41, 5.74) is -0.127. The zero-order valence-electron chi connectivity index (χ0n) is 25.9. The van der Waals surface area contributed by atoms with Gasteiger partial charge in [-0.15, -0.1) is 0 Å². The van der Waals surface area contributed by atoms with Gasteiger partial charge >= 0.3 is 0 Å². The Morgan fingerprint density at radius 1 is 1.19 bits per heavy atom. The van der Waals surface area contributed by atoms with Crippen LogP contribution < -0.4 is 5.32 Å². The van der Waals surface area contributed by atoms with E-state index in [-0.39, 0.29) is 29.6 Å². The predicted octanol–water partition coefficient (Wildman–Crippen LogP) is 2.46. The molecule has 236 valence electrons. The van der Waals surface area contributed by atoms with Crippen molar-refractivity contribution in [2.45, 2.75) is 102 Å². The summed E-state index contributed by atoms with van der Waals surface area (Å²) in [5, 5.41) is 23.7. The second-order valence-electron chi connectivity index (χ2n) is 12.7. The lowest BCUT2D eigenvalue weighted by molar-refractivity contribution is -0.346. The van der Waals surface area contributed by atoms with Crippen molar-refractivity contribution in [2.75, 3.05) is 13.7 Å². The number of rotatable bonds is 7. The van der Waals surface area contributed by atoms with Crippen LogP contribution in [-0.2, 0) is 33.3 Å². The van der Waals surface area contributed by atoms with Crippen LogP contribution in [0.1, 0.15) is 54.4 Å². The van der Waals surface area contributed by atoms with Crippen LogP contribution in [0.3, 0.4) is 0 Å². The number of carbonyl (C=O) groups is 3. The van der Waals surface area contributed by atoms with Crippen molar-refractivity contribution in [2.24, 2.45) is 17.8 Å². The summed E-state index contributed by atoms with van der Waals surface area (Å²) >= 11 is 0. The molecule has 0 radical (unpaired) electrons. The van der Waals surface area contributed by atoms with E-state index in [0.717, 1.165) is 5.57 Å². The first-order valence-corrected chi connectivity index (χ1v) is 15.1. The number of nitrogens with zero attached hydrogens (tertiary/aromatic N) is 1. The highest BCUT2D eigenvalue weighted by Gasteiger charge is 2.66. The third-order valence-corrected chi connectivity index (χ3v) is 9.67. The van der Waals surface area contributed by atoms with Gasteiger partial charge in [0, 0.05) is 18.9 Å². The number of ether oxygens (including phenoxy) is 4. The maximum Gasteiger partial charge on any atom is 0.264 e. The fourth-order valence-electron chi connectivity index (χ4n) is 6.82. The summed E-state index contributed by atoms with van der Waals surface area (Å²) < 4.78 is 24.3. The van der Waals surface area contributed by atoms with Crippen LogP contribution in [0.25, 0.3) is 0 Å². The second-order valence-corrected chi connectivity index (χ2v) is 12.7. The van der Waals surface area contributed by atoms with E-state index in [4.69, 9.17) is 18.9 Å². The molecule has 11 atom stereocenters. The van der Waals surface area contributed by atoms with Gasteiger partial charge in [-0.25, -0.2) is 0 Å². The molecule has 1 spiro atoms. The van der Waals surface area contributed by atoms with Crippen LogP contribution in [0.15, 0.2) is 47.3 Å². The number of fused-ring (bicyclic) bond motifs is 3. The lowest BCUT2D eigenvalue weighted by Gasteiger charge is -2.51. The van der Waals surface area contributed by atoms with Gasteiger partial charge in [0.05, 0.1) is 36.9 Å². The Balaban J connectivity index is 1.36. The van der Waals surface area contributed by atoms with Gasteiger partial charge in [-0.2, -0.15) is 0 Å². The molecule has 4 saturated heterocycles. The number of aliphatic hydroxyl groups excluding tert-OH is 2. The molecule has 0 aliphatic carbocycles. The minimum atomic E-state index is -1.15. The van der Waals surface area contributed by atoms with E-state index < -0.39 is 65.1 Å². The maximum absolute atomic E-state index is 13.6. The molecule has 0 aromatic rings. The average molecular weight is 601 g/mol. The average Bonchev–Trinajstić information content (AvgIpc) is 3.71. The summed E-state index contributed by atoms with van der Waals surface area (Å²) in [6, 6.07) is -1.15. The number of nitrogens with one attached hydrogen (secondary N) is 1. The third kappa shape index (κ3) is 5.50. The normalized spacial score (nSPS) is 42.0. The standard InChI is InChI=1S/C32H44N2O9/c1-16(14-17(2)28-18(3)23-12-13-32(15-40-32)31(6,42-23)43-28)8-9-22(36)25-27(37)26(19(4)29(38)33-7)34(30(25)39)24-11-10-21(35)20(5)41-24/h8-9,12-14,17-21,23-24,26,28,35-36H,10-11,15H2,1-7H3,(H,33,38)/b9-8+,16-14+,25-22+/t17-,18+,19+,20+,21+,23-,24+,26+,28+,31-,32-/m1/s1. The number of amides is 2. The van der Waals surface area contributed by atoms with Gasteiger partial charge in [-0.05, 0) is 45.8 Å². The van der Waals surface area contributed by atoms with Crippen molar-refractivity contribution < 1.29 is 43.5 Å². The van der Waals surface area contributed by atoms with E-state index in [1.807, 2.05) is 19.9 Å². The molecule has 11 nitrogen and oxygen atoms in total. The van der Waals surface area contributed by atoms with Crippen molar-refractivity contribution in [3.63, 3.8) is 0 Å². The number of allylic oxidation sites excluding steroid dienone is 3. The molecule has 2 amide bonds. The molecule has 3 N–H and O–H groups in total. The first kappa shape index (κ1) is 31.6. The number of epoxide rings is 1. The predicted molar refractivity (Wildman–Crippen MR) is 155 cm³/mol. The summed E-state index contributed by atoms with van der Waals surface area (Å²) in [5.74, 6) is -3.93. The highest BCUT2D eigenvalue weighted by atomic mass is 16.8. The molecule has 0 unspecified atom stereocenters. The molecule has 0 saturated carbocycles. The molecule has 43 heavy (non-hydrogen) atoms. The molecular weight excluding hydrogens is 556 g/mol. The van der Waals surface area contributed by atoms with Gasteiger partial charge in [-0.1, -0.05) is 44.6 Å². The fraction of sp³-hybridized carbons (Fsp3) is 0.656. The number of Topliss-reactive ketones (excluding diaryl/α,β-unsaturated/α-hetero) is 1. The number of hydrogen-bond acceptors (Lipinski definition) is 9. The topological polar surface area (TPSA) is 147 Å². The summed E-state index contributed by atoms with van der Waals surface area (Å²) in [4.78, 5) is 41.1. The van der Waals surface area contributed by atoms with E-state index in [1.54, 1.807) is 19.9 Å². The Kier molecular flexibility index (Phi) is 8.51. The van der Waals surface area contributed by atoms with E-state index >= 15 is 0 Å². The molecular formula is C32H44N2O9. The molecule has 4 fully saturated rings. The van der Waals surface area contributed by atoms with Crippen molar-refractivity contribution in [1.82, 2.24) is 10.2 Å². The summed E-state index contributed by atoms with van der Waals surface area (Å²) in [7, 11) is 1.46. The van der Waals surface area contributed by atoms with Gasteiger partial charge in [0.1, 0.15) is 23.6 Å². The van der Waals surface area contributed by atoms with Crippen molar-refractivity contribution >= 4 is 17.6 Å². The molecule has 5 rings (SSSR count). The number of hydrogen-bond donors (Lipinski definition) is 3. The fourth-order valence-corrected chi connectivity index (χ4v) is 6.82. The van der Waals surface area contributed by atoms with Crippen molar-refractivity contribution in [3.8, 4) is 0 Å². The van der Waals surface area contributed by atoms with Crippen LogP contribution in [0.4, 0.5) is 0 Å². The first-order valence-electron chi connectivity index (χ1n) is 15.1. The molecule has 0 aromatic heterocycles. The zero-order valence-corrected chi connectivity index (χ0v) is 25.9. The molecule has 5 aliphatic rings. The zero-order chi connectivity index (χ0) is 31.4. The maximum atomic E-state index is 13.6. The van der Waals surface area contributed by atoms with Crippen molar-refractivity contribution in [3.05, 3.63) is 47.3 Å². The Labute approximate surface area is 252 Å². The van der Waals surface area contributed by atoms with Gasteiger partial charge in [-0.3, -0.25) is 14.4 Å². The van der Waals surface area contributed by atoms with E-state index in [2.05, 4.69) is 31.3 Å². The number of aliphatic hydroxyl groups is 2. The number of carbonyl (C=O) groups excluding carboxylic acids is 3. The molecule has 0 aromatic carbocycles. The minimum Gasteiger partial charge on any atom is -0.507 e. The van der Waals surface area contributed by atoms with Gasteiger partial charge < -0.3 is 39.4 Å². The Morgan fingerprint density at radius 3 is 2.51 bits per heavy atom. The monoisotopic (exact) mass is 600 g/mol. The van der Waals surface area contributed by atoms with Gasteiger partial charge in [0.25, 0.3) is 5.91 Å². The second kappa shape index (κ2) is 11.6. The van der Waals surface area contributed by atoms with Crippen molar-refractivity contribution in [1.29, 1.82) is 0 Å². The molecule has 5 aliphatic heterocycles. The van der Waals surface area contributed by atoms with E-state index in [9.17, 15) is 24.6 Å². The smallest absolute Gasteiger partial charge is 0.264 e. The molecule has 5 heterocycles. The Morgan fingerprint density at radius 2 is 1.88 bits per heavy atom. The highest BCUT2D eigenvalue weighted by Crippen LogP contribution is 2.52. The van der Waals surface area contributed by atoms with Gasteiger partial charge in [0.15, 0.2) is 11.4 Å². The number of likely N-dealkylation sites (tertiary alicyclic amines) is 1. The molecule has 2 bridgehead atoms. The minimum absolute atomic E-state index is 0.0220. The summed E-state index contributed by atoms with van der Waals surface area (Å²) in [6.45, 7) is 11.7. The van der Waals surface area contributed by atoms with Crippen LogP contribution in [-0.4, -0.2) is 94.4 Å². The third-order valence-electron chi connectivity index (χ3n) is 9.67. The lowest BCUT2D eigenvalue weighted by atomic mass is 9.82. The SMILES string of the molecule is CNC(=O)[C@@H](C)[C@H]1C(=O)/C(=C(O)/C=C/C(C)=C/[C@@H](C)[C@@H]2O[C@@]3(C)O[C@H](C=C[C@@]34CO4)[C@@H]2C)C(=O)N1[C@@H]1CC[C@H](O)[C@H](C)O1. The summed E-state index contributed by atoms with van der Waals surface area (Å²) in [6.07, 6.45) is 7.46. The van der Waals surface area contributed by atoms with Crippen LogP contribution in [0.2, 0.25) is 0 Å². The Bertz CT molecular complexity index is 1280.